The van der Waals surface area contributed by atoms with Gasteiger partial charge in [-0.25, -0.2) is 9.59 Å². The normalized spacial score (nSPS) is 9.73. The van der Waals surface area contributed by atoms with E-state index in [1.807, 2.05) is 6.92 Å². The Kier molecular flexibility index (Phi) is 3.91. The number of methoxy groups -OCH3 is 1. The molecule has 0 saturated heterocycles. The molecule has 0 fully saturated rings. The minimum Gasteiger partial charge on any atom is -0.463 e. The van der Waals surface area contributed by atoms with E-state index in [4.69, 9.17) is 9.15 Å². The average Bonchev–Trinajstić information content (AvgIpc) is 2.73. The fraction of sp³-hybridized carbons (Fsp3) is 0.400. The molecular formula is C10H12O5. The smallest absolute Gasteiger partial charge is 0.374 e. The van der Waals surface area contributed by atoms with Gasteiger partial charge in [0.05, 0.1) is 20.0 Å². The summed E-state index contributed by atoms with van der Waals surface area (Å²) in [4.78, 5) is 22.6. The average molecular weight is 212 g/mol. The second kappa shape index (κ2) is 5.19. The van der Waals surface area contributed by atoms with Crippen LogP contribution in [-0.4, -0.2) is 25.7 Å². The van der Waals surface area contributed by atoms with E-state index in [9.17, 15) is 9.59 Å². The molecular weight excluding hydrogens is 200 g/mol. The molecule has 0 bridgehead atoms. The third-order valence-corrected chi connectivity index (χ3v) is 1.69. The highest BCUT2D eigenvalue weighted by Gasteiger charge is 2.22. The van der Waals surface area contributed by atoms with Crippen LogP contribution in [0.1, 0.15) is 34.3 Å². The molecule has 1 aromatic rings. The van der Waals surface area contributed by atoms with Crippen molar-refractivity contribution in [2.24, 2.45) is 0 Å². The van der Waals surface area contributed by atoms with E-state index in [-0.39, 0.29) is 11.3 Å². The molecule has 0 N–H and O–H groups in total. The first kappa shape index (κ1) is 11.3. The van der Waals surface area contributed by atoms with Gasteiger partial charge >= 0.3 is 11.9 Å². The summed E-state index contributed by atoms with van der Waals surface area (Å²) >= 11 is 0. The van der Waals surface area contributed by atoms with Crippen molar-refractivity contribution in [3.63, 3.8) is 0 Å². The van der Waals surface area contributed by atoms with Gasteiger partial charge in [-0.3, -0.25) is 0 Å². The molecule has 0 aliphatic rings. The van der Waals surface area contributed by atoms with E-state index in [1.165, 1.54) is 19.4 Å². The molecule has 82 valence electrons. The molecule has 0 amide bonds. The molecule has 5 nitrogen and oxygen atoms in total. The number of ether oxygens (including phenoxy) is 2. The topological polar surface area (TPSA) is 65.7 Å². The fourth-order valence-corrected chi connectivity index (χ4v) is 0.993. The van der Waals surface area contributed by atoms with Gasteiger partial charge in [0.2, 0.25) is 5.76 Å². The van der Waals surface area contributed by atoms with Crippen LogP contribution in [0.3, 0.4) is 0 Å². The second-order valence-electron chi connectivity index (χ2n) is 2.79. The van der Waals surface area contributed by atoms with Crippen LogP contribution in [0.5, 0.6) is 0 Å². The molecule has 0 aromatic carbocycles. The standard InChI is InChI=1S/C10H12O5/c1-3-5-15-9(11)7-4-6-14-8(7)10(12)13-2/h4,6H,3,5H2,1-2H3. The number of rotatable bonds is 4. The van der Waals surface area contributed by atoms with Crippen LogP contribution in [0.15, 0.2) is 16.7 Å². The summed E-state index contributed by atoms with van der Waals surface area (Å²) in [5.41, 5.74) is 0.0929. The number of hydrogen-bond acceptors (Lipinski definition) is 5. The van der Waals surface area contributed by atoms with Crippen LogP contribution in [-0.2, 0) is 9.47 Å². The van der Waals surface area contributed by atoms with Gasteiger partial charge in [0.15, 0.2) is 0 Å². The molecule has 1 heterocycles. The molecule has 0 radical (unpaired) electrons. The maximum absolute atomic E-state index is 11.4. The minimum absolute atomic E-state index is 0.0929. The van der Waals surface area contributed by atoms with Crippen molar-refractivity contribution in [2.75, 3.05) is 13.7 Å². The van der Waals surface area contributed by atoms with Gasteiger partial charge in [-0.05, 0) is 12.5 Å². The molecule has 0 spiro atoms. The van der Waals surface area contributed by atoms with Crippen molar-refractivity contribution in [1.29, 1.82) is 0 Å². The highest BCUT2D eigenvalue weighted by molar-refractivity contribution is 6.01. The molecule has 0 aliphatic carbocycles. The van der Waals surface area contributed by atoms with E-state index < -0.39 is 11.9 Å². The molecule has 0 saturated carbocycles. The van der Waals surface area contributed by atoms with Crippen molar-refractivity contribution >= 4 is 11.9 Å². The third kappa shape index (κ3) is 2.59. The van der Waals surface area contributed by atoms with Crippen LogP contribution in [0.4, 0.5) is 0 Å². The number of carbonyl (C=O) groups is 2. The third-order valence-electron chi connectivity index (χ3n) is 1.69. The first-order valence-corrected chi connectivity index (χ1v) is 4.53. The molecule has 0 aliphatic heterocycles. The zero-order chi connectivity index (χ0) is 11.3. The molecule has 1 rings (SSSR count). The Morgan fingerprint density at radius 2 is 2.13 bits per heavy atom. The van der Waals surface area contributed by atoms with E-state index in [0.717, 1.165) is 6.42 Å². The molecule has 1 aromatic heterocycles. The quantitative estimate of drug-likeness (QED) is 0.709. The van der Waals surface area contributed by atoms with E-state index in [0.29, 0.717) is 6.61 Å². The highest BCUT2D eigenvalue weighted by Crippen LogP contribution is 2.13. The van der Waals surface area contributed by atoms with Gasteiger partial charge in [-0.2, -0.15) is 0 Å². The summed E-state index contributed by atoms with van der Waals surface area (Å²) in [5.74, 6) is -1.40. The molecule has 0 atom stereocenters. The summed E-state index contributed by atoms with van der Waals surface area (Å²) in [5, 5.41) is 0. The zero-order valence-electron chi connectivity index (χ0n) is 8.61. The minimum atomic E-state index is -0.691. The van der Waals surface area contributed by atoms with Crippen molar-refractivity contribution < 1.29 is 23.5 Å². The number of esters is 2. The largest absolute Gasteiger partial charge is 0.463 e. The lowest BCUT2D eigenvalue weighted by molar-refractivity contribution is 0.0474. The zero-order valence-corrected chi connectivity index (χ0v) is 8.61. The maximum Gasteiger partial charge on any atom is 0.374 e. The van der Waals surface area contributed by atoms with Crippen molar-refractivity contribution in [2.45, 2.75) is 13.3 Å². The second-order valence-corrected chi connectivity index (χ2v) is 2.79. The van der Waals surface area contributed by atoms with Crippen LogP contribution in [0, 0.1) is 0 Å². The van der Waals surface area contributed by atoms with Gasteiger partial charge in [0.25, 0.3) is 0 Å². The number of furan rings is 1. The number of hydrogen-bond donors (Lipinski definition) is 0. The number of carbonyl (C=O) groups excluding carboxylic acids is 2. The van der Waals surface area contributed by atoms with E-state index >= 15 is 0 Å². The Morgan fingerprint density at radius 3 is 2.73 bits per heavy atom. The molecule has 15 heavy (non-hydrogen) atoms. The summed E-state index contributed by atoms with van der Waals surface area (Å²) < 4.78 is 14.2. The van der Waals surface area contributed by atoms with Crippen LogP contribution < -0.4 is 0 Å². The lowest BCUT2D eigenvalue weighted by Gasteiger charge is -2.01. The Hall–Kier alpha value is -1.78. The summed E-state index contributed by atoms with van der Waals surface area (Å²) in [6.45, 7) is 2.19. The molecule has 0 unspecified atom stereocenters. The predicted octanol–water partition coefficient (Wildman–Crippen LogP) is 1.63. The van der Waals surface area contributed by atoms with Gasteiger partial charge in [-0.15, -0.1) is 0 Å². The lowest BCUT2D eigenvalue weighted by atomic mass is 10.2. The van der Waals surface area contributed by atoms with E-state index in [1.54, 1.807) is 0 Å². The Labute approximate surface area is 87.0 Å². The van der Waals surface area contributed by atoms with Gasteiger partial charge in [0.1, 0.15) is 5.56 Å². The predicted molar refractivity (Wildman–Crippen MR) is 50.6 cm³/mol. The van der Waals surface area contributed by atoms with Crippen LogP contribution in [0.2, 0.25) is 0 Å². The maximum atomic E-state index is 11.4. The van der Waals surface area contributed by atoms with Crippen molar-refractivity contribution in [3.05, 3.63) is 23.7 Å². The van der Waals surface area contributed by atoms with E-state index in [2.05, 4.69) is 4.74 Å². The lowest BCUT2D eigenvalue weighted by Crippen LogP contribution is -2.11. The first-order chi connectivity index (χ1) is 7.20. The Morgan fingerprint density at radius 1 is 1.40 bits per heavy atom. The highest BCUT2D eigenvalue weighted by atomic mass is 16.5. The van der Waals surface area contributed by atoms with Crippen LogP contribution >= 0.6 is 0 Å². The summed E-state index contributed by atoms with van der Waals surface area (Å²) in [6, 6.07) is 1.38. The summed E-state index contributed by atoms with van der Waals surface area (Å²) in [6.07, 6.45) is 1.96. The van der Waals surface area contributed by atoms with Crippen LogP contribution in [0.25, 0.3) is 0 Å². The first-order valence-electron chi connectivity index (χ1n) is 4.53. The monoisotopic (exact) mass is 212 g/mol. The SMILES string of the molecule is CCCOC(=O)c1ccoc1C(=O)OC. The Bertz CT molecular complexity index is 352. The van der Waals surface area contributed by atoms with Gasteiger partial charge < -0.3 is 13.9 Å². The molecule has 5 heteroatoms. The van der Waals surface area contributed by atoms with Crippen molar-refractivity contribution in [1.82, 2.24) is 0 Å². The fourth-order valence-electron chi connectivity index (χ4n) is 0.993. The van der Waals surface area contributed by atoms with Crippen molar-refractivity contribution in [3.8, 4) is 0 Å². The Balaban J connectivity index is 2.80. The van der Waals surface area contributed by atoms with Gasteiger partial charge in [0, 0.05) is 0 Å². The van der Waals surface area contributed by atoms with Gasteiger partial charge in [-0.1, -0.05) is 6.92 Å². The summed E-state index contributed by atoms with van der Waals surface area (Å²) in [7, 11) is 1.21.